The van der Waals surface area contributed by atoms with Crippen LogP contribution in [-0.2, 0) is 0 Å². The number of carbonyl (C=O) groups excluding carboxylic acids is 1. The number of benzene rings is 2. The van der Waals surface area contributed by atoms with Gasteiger partial charge >= 0.3 is 0 Å². The summed E-state index contributed by atoms with van der Waals surface area (Å²) in [5.74, 6) is 0.600. The van der Waals surface area contributed by atoms with Gasteiger partial charge in [-0.05, 0) is 36.4 Å². The van der Waals surface area contributed by atoms with E-state index in [-0.39, 0.29) is 5.69 Å². The molecule has 27 heavy (non-hydrogen) atoms. The van der Waals surface area contributed by atoms with Gasteiger partial charge in [-0.3, -0.25) is 4.79 Å². The van der Waals surface area contributed by atoms with E-state index < -0.39 is 5.91 Å². The van der Waals surface area contributed by atoms with Crippen LogP contribution in [0.1, 0.15) is 16.1 Å². The van der Waals surface area contributed by atoms with E-state index in [0.717, 1.165) is 0 Å². The third-order valence-electron chi connectivity index (χ3n) is 3.56. The van der Waals surface area contributed by atoms with Crippen LogP contribution in [0.2, 0.25) is 5.02 Å². The van der Waals surface area contributed by atoms with Crippen LogP contribution in [0.5, 0.6) is 5.75 Å². The van der Waals surface area contributed by atoms with Gasteiger partial charge in [0, 0.05) is 10.7 Å². The minimum absolute atomic E-state index is 0.140. The minimum atomic E-state index is -0.426. The molecular formula is C19H14ClN5O2. The number of amides is 1. The van der Waals surface area contributed by atoms with Crippen molar-refractivity contribution in [3.8, 4) is 11.8 Å². The van der Waals surface area contributed by atoms with Gasteiger partial charge in [0.15, 0.2) is 0 Å². The number of hydrogen-bond donors (Lipinski definition) is 2. The zero-order valence-corrected chi connectivity index (χ0v) is 15.0. The molecule has 0 spiro atoms. The van der Waals surface area contributed by atoms with Gasteiger partial charge in [0.25, 0.3) is 5.91 Å². The predicted molar refractivity (Wildman–Crippen MR) is 102 cm³/mol. The van der Waals surface area contributed by atoms with E-state index in [4.69, 9.17) is 21.6 Å². The Kier molecular flexibility index (Phi) is 5.50. The maximum atomic E-state index is 12.3. The average Bonchev–Trinajstić information content (AvgIpc) is 2.69. The summed E-state index contributed by atoms with van der Waals surface area (Å²) < 4.78 is 5.26. The molecule has 7 nitrogen and oxygen atoms in total. The van der Waals surface area contributed by atoms with Gasteiger partial charge in [-0.2, -0.15) is 5.26 Å². The summed E-state index contributed by atoms with van der Waals surface area (Å²) in [5, 5.41) is 15.2. The summed E-state index contributed by atoms with van der Waals surface area (Å²) in [4.78, 5) is 20.6. The van der Waals surface area contributed by atoms with Crippen molar-refractivity contribution in [2.24, 2.45) is 0 Å². The van der Waals surface area contributed by atoms with Crippen molar-refractivity contribution in [1.29, 1.82) is 5.26 Å². The summed E-state index contributed by atoms with van der Waals surface area (Å²) in [6.45, 7) is 0. The molecule has 0 saturated heterocycles. The molecule has 0 aliphatic rings. The standard InChI is InChI=1S/C19H14ClN5O2/c1-27-17-6-5-13(20)8-15(17)25-18-11-22-16(10-23-18)19(26)24-14-4-2-3-12(7-14)9-21/h2-8,10-11H,1H3,(H,23,25)(H,24,26). The van der Waals surface area contributed by atoms with Crippen LogP contribution >= 0.6 is 11.6 Å². The van der Waals surface area contributed by atoms with Gasteiger partial charge in [0.1, 0.15) is 17.3 Å². The van der Waals surface area contributed by atoms with E-state index in [2.05, 4.69) is 20.6 Å². The molecule has 0 aliphatic carbocycles. The second kappa shape index (κ2) is 8.17. The molecule has 0 fully saturated rings. The fourth-order valence-corrected chi connectivity index (χ4v) is 2.46. The van der Waals surface area contributed by atoms with Gasteiger partial charge in [-0.1, -0.05) is 17.7 Å². The van der Waals surface area contributed by atoms with Crippen molar-refractivity contribution in [3.05, 3.63) is 71.1 Å². The Labute approximate surface area is 160 Å². The number of nitriles is 1. The summed E-state index contributed by atoms with van der Waals surface area (Å²) >= 11 is 6.00. The quantitative estimate of drug-likeness (QED) is 0.694. The van der Waals surface area contributed by atoms with Gasteiger partial charge in [0.2, 0.25) is 0 Å². The van der Waals surface area contributed by atoms with Crippen LogP contribution in [0.3, 0.4) is 0 Å². The van der Waals surface area contributed by atoms with Crippen molar-refractivity contribution in [3.63, 3.8) is 0 Å². The van der Waals surface area contributed by atoms with Crippen LogP contribution in [0, 0.1) is 11.3 Å². The monoisotopic (exact) mass is 379 g/mol. The molecule has 0 atom stereocenters. The molecule has 0 aliphatic heterocycles. The van der Waals surface area contributed by atoms with Crippen LogP contribution in [0.25, 0.3) is 0 Å². The van der Waals surface area contributed by atoms with E-state index in [9.17, 15) is 4.79 Å². The number of hydrogen-bond acceptors (Lipinski definition) is 6. The predicted octanol–water partition coefficient (Wildman–Crippen LogP) is 4.01. The molecular weight excluding hydrogens is 366 g/mol. The molecule has 0 radical (unpaired) electrons. The number of aromatic nitrogens is 2. The molecule has 1 amide bonds. The number of halogens is 1. The third-order valence-corrected chi connectivity index (χ3v) is 3.79. The number of ether oxygens (including phenoxy) is 1. The van der Waals surface area contributed by atoms with E-state index in [1.54, 1.807) is 49.6 Å². The molecule has 134 valence electrons. The number of methoxy groups -OCH3 is 1. The van der Waals surface area contributed by atoms with E-state index in [1.165, 1.54) is 12.4 Å². The lowest BCUT2D eigenvalue weighted by atomic mass is 10.2. The second-order valence-electron chi connectivity index (χ2n) is 5.40. The van der Waals surface area contributed by atoms with Crippen LogP contribution < -0.4 is 15.4 Å². The number of anilines is 3. The van der Waals surface area contributed by atoms with Crippen molar-refractivity contribution < 1.29 is 9.53 Å². The molecule has 1 heterocycles. The number of nitrogens with one attached hydrogen (secondary N) is 2. The lowest BCUT2D eigenvalue weighted by molar-refractivity contribution is 0.102. The number of carbonyl (C=O) groups is 1. The molecule has 2 N–H and O–H groups in total. The van der Waals surface area contributed by atoms with Crippen LogP contribution in [0.4, 0.5) is 17.2 Å². The van der Waals surface area contributed by atoms with Crippen molar-refractivity contribution >= 4 is 34.7 Å². The van der Waals surface area contributed by atoms with Gasteiger partial charge in [-0.25, -0.2) is 9.97 Å². The molecule has 0 saturated carbocycles. The normalized spacial score (nSPS) is 9.96. The highest BCUT2D eigenvalue weighted by Crippen LogP contribution is 2.29. The molecule has 2 aromatic carbocycles. The second-order valence-corrected chi connectivity index (χ2v) is 5.84. The van der Waals surface area contributed by atoms with Crippen molar-refractivity contribution in [2.45, 2.75) is 0 Å². The fraction of sp³-hybridized carbons (Fsp3) is 0.0526. The highest BCUT2D eigenvalue weighted by atomic mass is 35.5. The van der Waals surface area contributed by atoms with Gasteiger partial charge < -0.3 is 15.4 Å². The van der Waals surface area contributed by atoms with Crippen molar-refractivity contribution in [2.75, 3.05) is 17.7 Å². The first-order chi connectivity index (χ1) is 13.1. The van der Waals surface area contributed by atoms with Crippen LogP contribution in [-0.4, -0.2) is 23.0 Å². The Bertz CT molecular complexity index is 1020. The van der Waals surface area contributed by atoms with Crippen molar-refractivity contribution in [1.82, 2.24) is 9.97 Å². The summed E-state index contributed by atoms with van der Waals surface area (Å²) in [7, 11) is 1.55. The molecule has 3 rings (SSSR count). The molecule has 3 aromatic rings. The summed E-state index contributed by atoms with van der Waals surface area (Å²) in [5.41, 5.74) is 1.73. The van der Waals surface area contributed by atoms with Gasteiger partial charge in [-0.15, -0.1) is 0 Å². The third kappa shape index (κ3) is 4.51. The van der Waals surface area contributed by atoms with E-state index in [0.29, 0.717) is 33.5 Å². The largest absolute Gasteiger partial charge is 0.495 e. The smallest absolute Gasteiger partial charge is 0.275 e. The van der Waals surface area contributed by atoms with E-state index in [1.807, 2.05) is 6.07 Å². The Morgan fingerprint density at radius 3 is 2.74 bits per heavy atom. The molecule has 1 aromatic heterocycles. The van der Waals surface area contributed by atoms with E-state index >= 15 is 0 Å². The molecule has 8 heteroatoms. The Morgan fingerprint density at radius 1 is 1.19 bits per heavy atom. The Hall–Kier alpha value is -3.63. The Balaban J connectivity index is 1.72. The van der Waals surface area contributed by atoms with Gasteiger partial charge in [0.05, 0.1) is 36.8 Å². The highest BCUT2D eigenvalue weighted by Gasteiger charge is 2.10. The van der Waals surface area contributed by atoms with Crippen LogP contribution in [0.15, 0.2) is 54.9 Å². The topological polar surface area (TPSA) is 99.9 Å². The number of nitrogens with zero attached hydrogens (tertiary/aromatic N) is 3. The highest BCUT2D eigenvalue weighted by molar-refractivity contribution is 6.31. The lowest BCUT2D eigenvalue weighted by Gasteiger charge is -2.11. The first-order valence-corrected chi connectivity index (χ1v) is 8.21. The summed E-state index contributed by atoms with van der Waals surface area (Å²) in [6, 6.07) is 13.8. The zero-order valence-electron chi connectivity index (χ0n) is 14.2. The molecule has 0 unspecified atom stereocenters. The number of rotatable bonds is 5. The maximum Gasteiger partial charge on any atom is 0.275 e. The fourth-order valence-electron chi connectivity index (χ4n) is 2.29. The molecule has 0 bridgehead atoms. The average molecular weight is 380 g/mol. The zero-order chi connectivity index (χ0) is 19.2. The first-order valence-electron chi connectivity index (χ1n) is 7.83. The maximum absolute atomic E-state index is 12.3. The SMILES string of the molecule is COc1ccc(Cl)cc1Nc1cnc(C(=O)Nc2cccc(C#N)c2)cn1. The Morgan fingerprint density at radius 2 is 2.04 bits per heavy atom. The lowest BCUT2D eigenvalue weighted by Crippen LogP contribution is -2.14. The summed E-state index contributed by atoms with van der Waals surface area (Å²) in [6.07, 6.45) is 2.78. The first kappa shape index (κ1) is 18.2. The minimum Gasteiger partial charge on any atom is -0.495 e.